The molecule has 1 heterocycles. The van der Waals surface area contributed by atoms with E-state index >= 15 is 0 Å². The Morgan fingerprint density at radius 1 is 1.45 bits per heavy atom. The second kappa shape index (κ2) is 3.46. The Morgan fingerprint density at radius 2 is 2.18 bits per heavy atom. The van der Waals surface area contributed by atoms with Crippen LogP contribution >= 0.6 is 0 Å². The smallest absolute Gasteiger partial charge is 0.131 e. The molecule has 0 unspecified atom stereocenters. The number of rotatable bonds is 2. The molecule has 0 saturated carbocycles. The summed E-state index contributed by atoms with van der Waals surface area (Å²) in [6.45, 7) is 3.70. The average Bonchev–Trinajstić information content (AvgIpc) is 2.05. The zero-order valence-corrected chi connectivity index (χ0v) is 6.84. The highest BCUT2D eigenvalue weighted by Gasteiger charge is 1.98. The fraction of sp³-hybridized carbons (Fsp3) is 0.444. The molecule has 0 amide bonds. The van der Waals surface area contributed by atoms with Gasteiger partial charge in [0.1, 0.15) is 6.67 Å². The van der Waals surface area contributed by atoms with Crippen LogP contribution in [0.1, 0.15) is 31.0 Å². The monoisotopic (exact) mass is 153 g/mol. The molecule has 0 aromatic carbocycles. The van der Waals surface area contributed by atoms with Gasteiger partial charge in [0.25, 0.3) is 0 Å². The zero-order valence-electron chi connectivity index (χ0n) is 6.84. The molecule has 0 N–H and O–H groups in total. The molecule has 0 bridgehead atoms. The summed E-state index contributed by atoms with van der Waals surface area (Å²) in [7, 11) is 0. The molecule has 11 heavy (non-hydrogen) atoms. The van der Waals surface area contributed by atoms with Gasteiger partial charge in [0.15, 0.2) is 0 Å². The Kier molecular flexibility index (Phi) is 2.58. The fourth-order valence-electron chi connectivity index (χ4n) is 0.856. The lowest BCUT2D eigenvalue weighted by Crippen LogP contribution is -1.91. The SMILES string of the molecule is CC(C)c1ccc(CF)nc1. The van der Waals surface area contributed by atoms with Crippen molar-refractivity contribution in [1.82, 2.24) is 4.98 Å². The highest BCUT2D eigenvalue weighted by atomic mass is 19.1. The van der Waals surface area contributed by atoms with Crippen molar-refractivity contribution in [2.45, 2.75) is 26.4 Å². The van der Waals surface area contributed by atoms with E-state index in [0.717, 1.165) is 5.56 Å². The van der Waals surface area contributed by atoms with E-state index in [-0.39, 0.29) is 0 Å². The second-order valence-electron chi connectivity index (χ2n) is 2.87. The Morgan fingerprint density at radius 3 is 2.55 bits per heavy atom. The maximum absolute atomic E-state index is 12.0. The third-order valence-corrected chi connectivity index (χ3v) is 1.65. The molecule has 0 atom stereocenters. The molecular formula is C9H12FN. The van der Waals surface area contributed by atoms with E-state index in [0.29, 0.717) is 11.6 Å². The Bertz CT molecular complexity index is 216. The van der Waals surface area contributed by atoms with Crippen LogP contribution in [0.4, 0.5) is 4.39 Å². The molecule has 1 nitrogen and oxygen atoms in total. The Balaban J connectivity index is 2.83. The summed E-state index contributed by atoms with van der Waals surface area (Å²) in [6.07, 6.45) is 1.74. The molecule has 0 spiro atoms. The first-order valence-corrected chi connectivity index (χ1v) is 3.75. The number of hydrogen-bond acceptors (Lipinski definition) is 1. The van der Waals surface area contributed by atoms with Crippen molar-refractivity contribution in [3.63, 3.8) is 0 Å². The van der Waals surface area contributed by atoms with Crippen LogP contribution in [0, 0.1) is 0 Å². The first-order valence-electron chi connectivity index (χ1n) is 3.75. The van der Waals surface area contributed by atoms with Gasteiger partial charge in [0.05, 0.1) is 5.69 Å². The number of nitrogens with zero attached hydrogens (tertiary/aromatic N) is 1. The maximum Gasteiger partial charge on any atom is 0.131 e. The largest absolute Gasteiger partial charge is 0.258 e. The van der Waals surface area contributed by atoms with E-state index in [2.05, 4.69) is 18.8 Å². The lowest BCUT2D eigenvalue weighted by atomic mass is 10.1. The van der Waals surface area contributed by atoms with Gasteiger partial charge in [-0.3, -0.25) is 4.98 Å². The quantitative estimate of drug-likeness (QED) is 0.636. The van der Waals surface area contributed by atoms with Gasteiger partial charge >= 0.3 is 0 Å². The average molecular weight is 153 g/mol. The van der Waals surface area contributed by atoms with Gasteiger partial charge in [-0.05, 0) is 17.5 Å². The van der Waals surface area contributed by atoms with Crippen LogP contribution in [-0.2, 0) is 6.67 Å². The molecule has 0 fully saturated rings. The minimum Gasteiger partial charge on any atom is -0.258 e. The maximum atomic E-state index is 12.0. The lowest BCUT2D eigenvalue weighted by molar-refractivity contribution is 0.475. The van der Waals surface area contributed by atoms with E-state index < -0.39 is 6.67 Å². The van der Waals surface area contributed by atoms with Crippen LogP contribution < -0.4 is 0 Å². The summed E-state index contributed by atoms with van der Waals surface area (Å²) in [5, 5.41) is 0. The summed E-state index contributed by atoms with van der Waals surface area (Å²) in [5.41, 5.74) is 1.66. The van der Waals surface area contributed by atoms with Crippen molar-refractivity contribution in [3.8, 4) is 0 Å². The van der Waals surface area contributed by atoms with Crippen LogP contribution in [-0.4, -0.2) is 4.98 Å². The number of halogens is 1. The van der Waals surface area contributed by atoms with Gasteiger partial charge < -0.3 is 0 Å². The van der Waals surface area contributed by atoms with Gasteiger partial charge in [0, 0.05) is 6.20 Å². The minimum atomic E-state index is -0.474. The highest BCUT2D eigenvalue weighted by Crippen LogP contribution is 2.12. The molecule has 2 heteroatoms. The standard InChI is InChI=1S/C9H12FN/c1-7(2)8-3-4-9(5-10)11-6-8/h3-4,6-7H,5H2,1-2H3. The van der Waals surface area contributed by atoms with Crippen molar-refractivity contribution >= 4 is 0 Å². The van der Waals surface area contributed by atoms with Gasteiger partial charge in [0.2, 0.25) is 0 Å². The van der Waals surface area contributed by atoms with Gasteiger partial charge in [-0.25, -0.2) is 4.39 Å². The van der Waals surface area contributed by atoms with E-state index in [1.807, 2.05) is 6.07 Å². The normalized spacial score (nSPS) is 10.5. The first kappa shape index (κ1) is 8.18. The van der Waals surface area contributed by atoms with E-state index in [1.165, 1.54) is 0 Å². The molecule has 0 aliphatic rings. The lowest BCUT2D eigenvalue weighted by Gasteiger charge is -2.03. The van der Waals surface area contributed by atoms with Gasteiger partial charge in [-0.1, -0.05) is 19.9 Å². The van der Waals surface area contributed by atoms with Crippen LogP contribution in [0.2, 0.25) is 0 Å². The molecule has 0 saturated heterocycles. The van der Waals surface area contributed by atoms with Crippen molar-refractivity contribution in [1.29, 1.82) is 0 Å². The number of hydrogen-bond donors (Lipinski definition) is 0. The topological polar surface area (TPSA) is 12.9 Å². The van der Waals surface area contributed by atoms with Crippen LogP contribution in [0.15, 0.2) is 18.3 Å². The fourth-order valence-corrected chi connectivity index (χ4v) is 0.856. The highest BCUT2D eigenvalue weighted by molar-refractivity contribution is 5.16. The Labute approximate surface area is 66.3 Å². The van der Waals surface area contributed by atoms with Crippen molar-refractivity contribution in [2.24, 2.45) is 0 Å². The minimum absolute atomic E-state index is 0.469. The molecule has 1 rings (SSSR count). The van der Waals surface area contributed by atoms with E-state index in [4.69, 9.17) is 0 Å². The van der Waals surface area contributed by atoms with Crippen LogP contribution in [0.25, 0.3) is 0 Å². The molecule has 1 aromatic heterocycles. The van der Waals surface area contributed by atoms with Crippen molar-refractivity contribution in [3.05, 3.63) is 29.6 Å². The summed E-state index contributed by atoms with van der Waals surface area (Å²) in [5.74, 6) is 0.469. The molecule has 0 radical (unpaired) electrons. The molecular weight excluding hydrogens is 141 g/mol. The third kappa shape index (κ3) is 2.00. The van der Waals surface area contributed by atoms with E-state index in [9.17, 15) is 4.39 Å². The summed E-state index contributed by atoms with van der Waals surface area (Å²) >= 11 is 0. The summed E-state index contributed by atoms with van der Waals surface area (Å²) in [6, 6.07) is 3.65. The van der Waals surface area contributed by atoms with Gasteiger partial charge in [-0.2, -0.15) is 0 Å². The van der Waals surface area contributed by atoms with Crippen molar-refractivity contribution in [2.75, 3.05) is 0 Å². The number of pyridine rings is 1. The molecule has 1 aromatic rings. The predicted octanol–water partition coefficient (Wildman–Crippen LogP) is 2.67. The zero-order chi connectivity index (χ0) is 8.27. The van der Waals surface area contributed by atoms with E-state index in [1.54, 1.807) is 12.3 Å². The molecule has 0 aliphatic heterocycles. The third-order valence-electron chi connectivity index (χ3n) is 1.65. The Hall–Kier alpha value is -0.920. The molecule has 0 aliphatic carbocycles. The molecule has 60 valence electrons. The van der Waals surface area contributed by atoms with Crippen LogP contribution in [0.5, 0.6) is 0 Å². The first-order chi connectivity index (χ1) is 5.24. The van der Waals surface area contributed by atoms with Gasteiger partial charge in [-0.15, -0.1) is 0 Å². The van der Waals surface area contributed by atoms with Crippen LogP contribution in [0.3, 0.4) is 0 Å². The number of alkyl halides is 1. The number of aromatic nitrogens is 1. The second-order valence-corrected chi connectivity index (χ2v) is 2.87. The summed E-state index contributed by atoms with van der Waals surface area (Å²) < 4.78 is 12.0. The van der Waals surface area contributed by atoms with Crippen molar-refractivity contribution < 1.29 is 4.39 Å². The predicted molar refractivity (Wildman–Crippen MR) is 43.1 cm³/mol. The summed E-state index contributed by atoms with van der Waals surface area (Å²) in [4.78, 5) is 3.94.